The second-order valence-corrected chi connectivity index (χ2v) is 5.03. The highest BCUT2D eigenvalue weighted by atomic mass is 16.5. The molecule has 0 bridgehead atoms. The molecule has 1 aromatic carbocycles. The van der Waals surface area contributed by atoms with Gasteiger partial charge >= 0.3 is 0 Å². The third-order valence-corrected chi connectivity index (χ3v) is 3.53. The molecule has 1 N–H and O–H groups in total. The molecular formula is C18H16N2O3. The van der Waals surface area contributed by atoms with Gasteiger partial charge in [-0.15, -0.1) is 0 Å². The summed E-state index contributed by atoms with van der Waals surface area (Å²) in [6, 6.07) is 12.2. The Balaban J connectivity index is 1.90. The van der Waals surface area contributed by atoms with Crippen LogP contribution in [0.15, 0.2) is 60.4 Å². The summed E-state index contributed by atoms with van der Waals surface area (Å²) in [4.78, 5) is 29.0. The summed E-state index contributed by atoms with van der Waals surface area (Å²) in [6.07, 6.45) is 2.38. The van der Waals surface area contributed by atoms with Crippen LogP contribution in [0.5, 0.6) is 0 Å². The molecule has 0 spiro atoms. The Labute approximate surface area is 134 Å². The number of hydrogen-bond acceptors (Lipinski definition) is 5. The molecule has 0 fully saturated rings. The number of allylic oxidation sites excluding steroid dienone is 2. The van der Waals surface area contributed by atoms with E-state index >= 15 is 0 Å². The van der Waals surface area contributed by atoms with Crippen LogP contribution in [0, 0.1) is 0 Å². The van der Waals surface area contributed by atoms with Gasteiger partial charge in [-0.05, 0) is 19.1 Å². The standard InChI is InChI=1S/C18H16N2O3/c1-2-23-18(14-9-5-6-10-19-14)20-15-11-16(21)12-7-3-4-8-13(12)17(15)22/h3-11,18,20H,2H2,1H3/t18-/m1/s1. The number of nitrogens with zero attached hydrogens (tertiary/aromatic N) is 1. The quantitative estimate of drug-likeness (QED) is 0.860. The third kappa shape index (κ3) is 3.05. The number of pyridine rings is 1. The molecule has 23 heavy (non-hydrogen) atoms. The highest BCUT2D eigenvalue weighted by molar-refractivity contribution is 6.24. The lowest BCUT2D eigenvalue weighted by atomic mass is 9.92. The number of ether oxygens (including phenoxy) is 1. The lowest BCUT2D eigenvalue weighted by Gasteiger charge is -2.23. The van der Waals surface area contributed by atoms with Gasteiger partial charge in [-0.3, -0.25) is 14.6 Å². The fourth-order valence-corrected chi connectivity index (χ4v) is 2.46. The van der Waals surface area contributed by atoms with Crippen molar-refractivity contribution in [3.05, 3.63) is 77.3 Å². The summed E-state index contributed by atoms with van der Waals surface area (Å²) in [5.41, 5.74) is 1.69. The Morgan fingerprint density at radius 2 is 1.83 bits per heavy atom. The second kappa shape index (κ2) is 6.54. The SMILES string of the molecule is CCO[C@@H](NC1=CC(=O)c2ccccc2C1=O)c1ccccn1. The molecule has 5 nitrogen and oxygen atoms in total. The predicted octanol–water partition coefficient (Wildman–Crippen LogP) is 2.67. The first-order valence-electron chi connectivity index (χ1n) is 7.39. The van der Waals surface area contributed by atoms with Gasteiger partial charge in [-0.25, -0.2) is 0 Å². The third-order valence-electron chi connectivity index (χ3n) is 3.53. The van der Waals surface area contributed by atoms with E-state index in [1.165, 1.54) is 6.08 Å². The Morgan fingerprint density at radius 3 is 2.52 bits per heavy atom. The molecule has 1 aliphatic rings. The van der Waals surface area contributed by atoms with Crippen LogP contribution in [0.2, 0.25) is 0 Å². The molecule has 0 aliphatic heterocycles. The lowest BCUT2D eigenvalue weighted by molar-refractivity contribution is 0.0404. The van der Waals surface area contributed by atoms with E-state index in [4.69, 9.17) is 4.74 Å². The summed E-state index contributed by atoms with van der Waals surface area (Å²) in [5.74, 6) is -0.417. The zero-order chi connectivity index (χ0) is 16.2. The van der Waals surface area contributed by atoms with E-state index in [0.29, 0.717) is 23.4 Å². The predicted molar refractivity (Wildman–Crippen MR) is 84.9 cm³/mol. The molecule has 5 heteroatoms. The first-order chi connectivity index (χ1) is 11.2. The molecule has 0 saturated carbocycles. The van der Waals surface area contributed by atoms with Crippen molar-refractivity contribution in [2.45, 2.75) is 13.2 Å². The van der Waals surface area contributed by atoms with E-state index in [2.05, 4.69) is 10.3 Å². The number of carbonyl (C=O) groups is 2. The van der Waals surface area contributed by atoms with Crippen LogP contribution in [0.25, 0.3) is 0 Å². The van der Waals surface area contributed by atoms with Crippen LogP contribution in [-0.4, -0.2) is 23.2 Å². The fraction of sp³-hybridized carbons (Fsp3) is 0.167. The fourth-order valence-electron chi connectivity index (χ4n) is 2.46. The average molecular weight is 308 g/mol. The van der Waals surface area contributed by atoms with E-state index in [0.717, 1.165) is 0 Å². The van der Waals surface area contributed by atoms with Gasteiger partial charge in [-0.2, -0.15) is 0 Å². The number of carbonyl (C=O) groups excluding carboxylic acids is 2. The number of rotatable bonds is 5. The van der Waals surface area contributed by atoms with Crippen molar-refractivity contribution in [1.29, 1.82) is 0 Å². The van der Waals surface area contributed by atoms with Crippen molar-refractivity contribution in [1.82, 2.24) is 10.3 Å². The smallest absolute Gasteiger partial charge is 0.209 e. The molecule has 0 amide bonds. The normalized spacial score (nSPS) is 14.9. The monoisotopic (exact) mass is 308 g/mol. The minimum Gasteiger partial charge on any atom is -0.353 e. The van der Waals surface area contributed by atoms with Gasteiger partial charge in [0.2, 0.25) is 5.78 Å². The van der Waals surface area contributed by atoms with Gasteiger partial charge in [-0.1, -0.05) is 30.3 Å². The zero-order valence-electron chi connectivity index (χ0n) is 12.7. The Hall–Kier alpha value is -2.79. The minimum atomic E-state index is -0.588. The highest BCUT2D eigenvalue weighted by Gasteiger charge is 2.27. The second-order valence-electron chi connectivity index (χ2n) is 5.03. The number of nitrogens with one attached hydrogen (secondary N) is 1. The van der Waals surface area contributed by atoms with Gasteiger partial charge in [0.05, 0.1) is 11.4 Å². The van der Waals surface area contributed by atoms with E-state index in [-0.39, 0.29) is 17.3 Å². The van der Waals surface area contributed by atoms with E-state index in [1.807, 2.05) is 13.0 Å². The number of ketones is 2. The molecule has 116 valence electrons. The van der Waals surface area contributed by atoms with Crippen LogP contribution in [0.3, 0.4) is 0 Å². The maximum absolute atomic E-state index is 12.6. The minimum absolute atomic E-state index is 0.195. The summed E-state index contributed by atoms with van der Waals surface area (Å²) >= 11 is 0. The van der Waals surface area contributed by atoms with Crippen molar-refractivity contribution in [2.75, 3.05) is 6.61 Å². The first kappa shape index (κ1) is 15.1. The van der Waals surface area contributed by atoms with E-state index in [1.54, 1.807) is 42.6 Å². The number of benzene rings is 1. The summed E-state index contributed by atoms with van der Waals surface area (Å²) in [5, 5.41) is 3.00. The highest BCUT2D eigenvalue weighted by Crippen LogP contribution is 2.22. The molecule has 0 saturated heterocycles. The van der Waals surface area contributed by atoms with Gasteiger partial charge in [0, 0.05) is 30.0 Å². The maximum Gasteiger partial charge on any atom is 0.209 e. The number of fused-ring (bicyclic) bond motifs is 1. The first-order valence-corrected chi connectivity index (χ1v) is 7.39. The van der Waals surface area contributed by atoms with Crippen LogP contribution in [0.1, 0.15) is 39.6 Å². The van der Waals surface area contributed by atoms with E-state index < -0.39 is 6.23 Å². The molecule has 1 aliphatic carbocycles. The van der Waals surface area contributed by atoms with Crippen molar-refractivity contribution in [3.63, 3.8) is 0 Å². The van der Waals surface area contributed by atoms with Crippen molar-refractivity contribution in [3.8, 4) is 0 Å². The van der Waals surface area contributed by atoms with Gasteiger partial charge in [0.25, 0.3) is 0 Å². The van der Waals surface area contributed by atoms with Crippen LogP contribution in [-0.2, 0) is 4.74 Å². The summed E-state index contributed by atoms with van der Waals surface area (Å²) in [7, 11) is 0. The maximum atomic E-state index is 12.6. The molecule has 0 unspecified atom stereocenters. The zero-order valence-corrected chi connectivity index (χ0v) is 12.7. The molecule has 0 radical (unpaired) electrons. The molecular weight excluding hydrogens is 292 g/mol. The topological polar surface area (TPSA) is 68.3 Å². The van der Waals surface area contributed by atoms with Gasteiger partial charge in [0.15, 0.2) is 12.0 Å². The molecule has 1 atom stereocenters. The van der Waals surface area contributed by atoms with Crippen LogP contribution in [0.4, 0.5) is 0 Å². The summed E-state index contributed by atoms with van der Waals surface area (Å²) in [6.45, 7) is 2.30. The molecule has 3 rings (SSSR count). The molecule has 1 aromatic heterocycles. The van der Waals surface area contributed by atoms with Crippen molar-refractivity contribution in [2.24, 2.45) is 0 Å². The summed E-state index contributed by atoms with van der Waals surface area (Å²) < 4.78 is 5.62. The number of hydrogen-bond donors (Lipinski definition) is 1. The molecule has 2 aromatic rings. The van der Waals surface area contributed by atoms with Gasteiger partial charge in [0.1, 0.15) is 0 Å². The molecule has 1 heterocycles. The number of aromatic nitrogens is 1. The van der Waals surface area contributed by atoms with Crippen LogP contribution < -0.4 is 5.32 Å². The Bertz CT molecular complexity index is 769. The number of Topliss-reactive ketones (excluding diaryl/α,β-unsaturated/α-hetero) is 1. The van der Waals surface area contributed by atoms with Gasteiger partial charge < -0.3 is 10.1 Å². The van der Waals surface area contributed by atoms with Crippen LogP contribution >= 0.6 is 0 Å². The van der Waals surface area contributed by atoms with E-state index in [9.17, 15) is 9.59 Å². The lowest BCUT2D eigenvalue weighted by Crippen LogP contribution is -2.31. The largest absolute Gasteiger partial charge is 0.353 e. The van der Waals surface area contributed by atoms with Crippen molar-refractivity contribution < 1.29 is 14.3 Å². The average Bonchev–Trinajstić information content (AvgIpc) is 2.60. The Morgan fingerprint density at radius 1 is 1.09 bits per heavy atom. The Kier molecular flexibility index (Phi) is 4.30. The van der Waals surface area contributed by atoms with Crippen molar-refractivity contribution >= 4 is 11.6 Å².